The zero-order chi connectivity index (χ0) is 15.2. The van der Waals surface area contributed by atoms with E-state index in [4.69, 9.17) is 0 Å². The summed E-state index contributed by atoms with van der Waals surface area (Å²) in [5.74, 6) is -0.976. The summed E-state index contributed by atoms with van der Waals surface area (Å²) in [5.41, 5.74) is 0.610. The molecule has 2 heterocycles. The Morgan fingerprint density at radius 1 is 1.43 bits per heavy atom. The van der Waals surface area contributed by atoms with Crippen LogP contribution in [0.3, 0.4) is 0 Å². The first-order chi connectivity index (χ1) is 9.92. The molecule has 110 valence electrons. The molecule has 1 amide bonds. The summed E-state index contributed by atoms with van der Waals surface area (Å²) < 4.78 is 0.852. The highest BCUT2D eigenvalue weighted by molar-refractivity contribution is 9.10. The molecule has 5 nitrogen and oxygen atoms in total. The van der Waals surface area contributed by atoms with Crippen molar-refractivity contribution in [2.24, 2.45) is 5.41 Å². The Labute approximate surface area is 130 Å². The first-order valence-corrected chi connectivity index (χ1v) is 7.50. The predicted molar refractivity (Wildman–Crippen MR) is 82.3 cm³/mol. The number of benzene rings is 1. The van der Waals surface area contributed by atoms with Crippen molar-refractivity contribution in [1.82, 2.24) is 9.88 Å². The lowest BCUT2D eigenvalue weighted by Gasteiger charge is -2.20. The second-order valence-corrected chi connectivity index (χ2v) is 6.56. The number of nitrogens with zero attached hydrogens (tertiary/aromatic N) is 1. The maximum atomic E-state index is 12.7. The van der Waals surface area contributed by atoms with Gasteiger partial charge in [-0.1, -0.05) is 22.0 Å². The van der Waals surface area contributed by atoms with Gasteiger partial charge in [0.25, 0.3) is 5.91 Å². The molecular weight excluding hydrogens is 336 g/mol. The van der Waals surface area contributed by atoms with Gasteiger partial charge in [-0.15, -0.1) is 0 Å². The summed E-state index contributed by atoms with van der Waals surface area (Å²) in [7, 11) is 0. The fourth-order valence-corrected chi connectivity index (χ4v) is 3.37. The molecule has 2 N–H and O–H groups in total. The van der Waals surface area contributed by atoms with E-state index in [1.807, 2.05) is 18.2 Å². The quantitative estimate of drug-likeness (QED) is 0.874. The Balaban J connectivity index is 1.94. The number of carboxylic acids is 1. The van der Waals surface area contributed by atoms with Gasteiger partial charge in [-0.25, -0.2) is 0 Å². The van der Waals surface area contributed by atoms with Gasteiger partial charge in [0.05, 0.1) is 11.0 Å². The predicted octanol–water partition coefficient (Wildman–Crippen LogP) is 2.87. The minimum atomic E-state index is -0.849. The molecule has 1 saturated heterocycles. The van der Waals surface area contributed by atoms with Gasteiger partial charge in [-0.05, 0) is 25.5 Å². The van der Waals surface area contributed by atoms with E-state index in [1.54, 1.807) is 18.0 Å². The molecule has 1 aliphatic heterocycles. The van der Waals surface area contributed by atoms with Crippen LogP contribution in [0.5, 0.6) is 0 Å². The SMILES string of the molecule is CC1(C(=O)O)CCN(C(=O)c2c[nH]c3cccc(Br)c23)C1. The standard InChI is InChI=1S/C15H15BrN2O3/c1-15(14(20)21)5-6-18(8-15)13(19)9-7-17-11-4-2-3-10(16)12(9)11/h2-4,7,17H,5-6,8H2,1H3,(H,20,21). The Bertz CT molecular complexity index is 740. The zero-order valence-corrected chi connectivity index (χ0v) is 13.1. The number of aromatic nitrogens is 1. The van der Waals surface area contributed by atoms with Crippen molar-refractivity contribution in [2.75, 3.05) is 13.1 Å². The highest BCUT2D eigenvalue weighted by Crippen LogP contribution is 2.33. The molecule has 1 aromatic heterocycles. The molecular formula is C15H15BrN2O3. The number of halogens is 1. The van der Waals surface area contributed by atoms with Crippen LogP contribution in [0.25, 0.3) is 10.9 Å². The molecule has 1 fully saturated rings. The highest BCUT2D eigenvalue weighted by Gasteiger charge is 2.42. The van der Waals surface area contributed by atoms with Crippen molar-refractivity contribution < 1.29 is 14.7 Å². The van der Waals surface area contributed by atoms with E-state index in [-0.39, 0.29) is 12.5 Å². The molecule has 6 heteroatoms. The molecule has 1 aromatic carbocycles. The van der Waals surface area contributed by atoms with Gasteiger partial charge in [0.2, 0.25) is 0 Å². The third kappa shape index (κ3) is 2.23. The van der Waals surface area contributed by atoms with Gasteiger partial charge in [-0.3, -0.25) is 9.59 Å². The van der Waals surface area contributed by atoms with Crippen LogP contribution in [0.4, 0.5) is 0 Å². The number of amides is 1. The van der Waals surface area contributed by atoms with Crippen LogP contribution in [-0.2, 0) is 4.79 Å². The molecule has 3 rings (SSSR count). The number of hydrogen-bond donors (Lipinski definition) is 2. The number of aromatic amines is 1. The molecule has 1 unspecified atom stereocenters. The van der Waals surface area contributed by atoms with Crippen LogP contribution in [0, 0.1) is 5.41 Å². The van der Waals surface area contributed by atoms with Crippen molar-refractivity contribution in [1.29, 1.82) is 0 Å². The first-order valence-electron chi connectivity index (χ1n) is 6.71. The number of carboxylic acid groups (broad SMARTS) is 1. The summed E-state index contributed by atoms with van der Waals surface area (Å²) in [6, 6.07) is 5.69. The molecule has 0 spiro atoms. The molecule has 0 radical (unpaired) electrons. The molecule has 1 aliphatic rings. The molecule has 2 aromatic rings. The summed E-state index contributed by atoms with van der Waals surface area (Å²) in [6.07, 6.45) is 2.17. The van der Waals surface area contributed by atoms with Crippen LogP contribution in [-0.4, -0.2) is 40.0 Å². The number of carbonyl (C=O) groups excluding carboxylic acids is 1. The van der Waals surface area contributed by atoms with Gasteiger partial charge < -0.3 is 15.0 Å². The Morgan fingerprint density at radius 2 is 2.19 bits per heavy atom. The van der Waals surface area contributed by atoms with E-state index >= 15 is 0 Å². The van der Waals surface area contributed by atoms with Gasteiger partial charge >= 0.3 is 5.97 Å². The molecule has 1 atom stereocenters. The Morgan fingerprint density at radius 3 is 2.86 bits per heavy atom. The normalized spacial score (nSPS) is 21.9. The van der Waals surface area contributed by atoms with Crippen LogP contribution < -0.4 is 0 Å². The first kappa shape index (κ1) is 14.1. The number of rotatable bonds is 2. The maximum Gasteiger partial charge on any atom is 0.311 e. The van der Waals surface area contributed by atoms with Gasteiger partial charge in [0.1, 0.15) is 0 Å². The number of carbonyl (C=O) groups is 2. The van der Waals surface area contributed by atoms with Crippen LogP contribution in [0.1, 0.15) is 23.7 Å². The number of likely N-dealkylation sites (tertiary alicyclic amines) is 1. The van der Waals surface area contributed by atoms with E-state index in [2.05, 4.69) is 20.9 Å². The minimum absolute atomic E-state index is 0.127. The lowest BCUT2D eigenvalue weighted by molar-refractivity contribution is -0.147. The third-order valence-corrected chi connectivity index (χ3v) is 4.82. The topological polar surface area (TPSA) is 73.4 Å². The lowest BCUT2D eigenvalue weighted by Crippen LogP contribution is -2.34. The van der Waals surface area contributed by atoms with Crippen LogP contribution in [0.15, 0.2) is 28.9 Å². The van der Waals surface area contributed by atoms with Crippen molar-refractivity contribution in [3.05, 3.63) is 34.4 Å². The Kier molecular flexibility index (Phi) is 3.28. The second-order valence-electron chi connectivity index (χ2n) is 5.71. The van der Waals surface area contributed by atoms with Crippen molar-refractivity contribution in [3.63, 3.8) is 0 Å². The third-order valence-electron chi connectivity index (χ3n) is 4.16. The fraction of sp³-hybridized carbons (Fsp3) is 0.333. The monoisotopic (exact) mass is 350 g/mol. The van der Waals surface area contributed by atoms with Crippen molar-refractivity contribution in [2.45, 2.75) is 13.3 Å². The van der Waals surface area contributed by atoms with E-state index in [0.29, 0.717) is 18.5 Å². The van der Waals surface area contributed by atoms with Crippen LogP contribution in [0.2, 0.25) is 0 Å². The van der Waals surface area contributed by atoms with Gasteiger partial charge in [-0.2, -0.15) is 0 Å². The summed E-state index contributed by atoms with van der Waals surface area (Å²) in [4.78, 5) is 28.7. The van der Waals surface area contributed by atoms with Crippen molar-refractivity contribution in [3.8, 4) is 0 Å². The highest BCUT2D eigenvalue weighted by atomic mass is 79.9. The number of fused-ring (bicyclic) bond motifs is 1. The molecule has 0 saturated carbocycles. The van der Waals surface area contributed by atoms with E-state index < -0.39 is 11.4 Å². The average Bonchev–Trinajstić information content (AvgIpc) is 3.04. The number of H-pyrrole nitrogens is 1. The largest absolute Gasteiger partial charge is 0.481 e. The fourth-order valence-electron chi connectivity index (χ4n) is 2.79. The molecule has 21 heavy (non-hydrogen) atoms. The molecule has 0 bridgehead atoms. The summed E-state index contributed by atoms with van der Waals surface area (Å²) >= 11 is 3.46. The lowest BCUT2D eigenvalue weighted by atomic mass is 9.90. The number of aliphatic carboxylic acids is 1. The zero-order valence-electron chi connectivity index (χ0n) is 11.5. The second kappa shape index (κ2) is 4.87. The van der Waals surface area contributed by atoms with E-state index in [1.165, 1.54) is 0 Å². The minimum Gasteiger partial charge on any atom is -0.481 e. The number of hydrogen-bond acceptors (Lipinski definition) is 2. The van der Waals surface area contributed by atoms with Gasteiger partial charge in [0.15, 0.2) is 0 Å². The molecule has 0 aliphatic carbocycles. The van der Waals surface area contributed by atoms with Gasteiger partial charge in [0, 0.05) is 34.7 Å². The van der Waals surface area contributed by atoms with E-state index in [9.17, 15) is 14.7 Å². The van der Waals surface area contributed by atoms with Crippen molar-refractivity contribution >= 4 is 38.7 Å². The summed E-state index contributed by atoms with van der Waals surface area (Å²) in [5, 5.41) is 10.1. The van der Waals surface area contributed by atoms with Crippen LogP contribution >= 0.6 is 15.9 Å². The Hall–Kier alpha value is -1.82. The van der Waals surface area contributed by atoms with E-state index in [0.717, 1.165) is 15.4 Å². The number of nitrogens with one attached hydrogen (secondary N) is 1. The summed E-state index contributed by atoms with van der Waals surface area (Å²) in [6.45, 7) is 2.41. The maximum absolute atomic E-state index is 12.7. The average molecular weight is 351 g/mol. The smallest absolute Gasteiger partial charge is 0.311 e.